The van der Waals surface area contributed by atoms with Crippen LogP contribution in [0.5, 0.6) is 0 Å². The monoisotopic (exact) mass is 239 g/mol. The van der Waals surface area contributed by atoms with Crippen LogP contribution in [0.3, 0.4) is 0 Å². The molecule has 17 heavy (non-hydrogen) atoms. The fraction of sp³-hybridized carbons (Fsp3) is 0.750. The van der Waals surface area contributed by atoms with E-state index < -0.39 is 0 Å². The van der Waals surface area contributed by atoms with Gasteiger partial charge < -0.3 is 19.7 Å². The molecule has 2 rings (SSSR count). The van der Waals surface area contributed by atoms with E-state index in [-0.39, 0.29) is 12.6 Å². The lowest BCUT2D eigenvalue weighted by atomic mass is 10.2. The molecule has 1 atom stereocenters. The fourth-order valence-corrected chi connectivity index (χ4v) is 2.00. The third-order valence-corrected chi connectivity index (χ3v) is 3.10. The summed E-state index contributed by atoms with van der Waals surface area (Å²) in [5.41, 5.74) is 1.21. The molecule has 5 heteroatoms. The van der Waals surface area contributed by atoms with Crippen LogP contribution in [0.1, 0.15) is 31.0 Å². The molecule has 1 aromatic heterocycles. The van der Waals surface area contributed by atoms with E-state index in [1.807, 2.05) is 12.5 Å². The van der Waals surface area contributed by atoms with E-state index in [0.29, 0.717) is 19.1 Å². The van der Waals surface area contributed by atoms with Crippen LogP contribution in [0.15, 0.2) is 12.5 Å². The Kier molecular flexibility index (Phi) is 4.53. The van der Waals surface area contributed by atoms with Gasteiger partial charge >= 0.3 is 0 Å². The average molecular weight is 239 g/mol. The average Bonchev–Trinajstić information content (AvgIpc) is 3.06. The number of aliphatic hydroxyl groups is 1. The van der Waals surface area contributed by atoms with Crippen LogP contribution in [-0.4, -0.2) is 41.0 Å². The van der Waals surface area contributed by atoms with Crippen LogP contribution < -0.4 is 5.32 Å². The molecule has 0 spiro atoms. The van der Waals surface area contributed by atoms with Crippen molar-refractivity contribution >= 4 is 0 Å². The standard InChI is InChI=1S/C12H21N3O2/c1-17-8-10(4-5-16)14-7-12-6-13-9-15(12)11-2-3-11/h6,9-11,14,16H,2-5,7-8H2,1H3. The summed E-state index contributed by atoms with van der Waals surface area (Å²) >= 11 is 0. The van der Waals surface area contributed by atoms with Crippen molar-refractivity contribution < 1.29 is 9.84 Å². The summed E-state index contributed by atoms with van der Waals surface area (Å²) in [5.74, 6) is 0. The molecule has 0 amide bonds. The minimum absolute atomic E-state index is 0.183. The number of hydrogen-bond donors (Lipinski definition) is 2. The smallest absolute Gasteiger partial charge is 0.0951 e. The summed E-state index contributed by atoms with van der Waals surface area (Å²) in [6, 6.07) is 0.862. The zero-order chi connectivity index (χ0) is 12.1. The molecule has 1 unspecified atom stereocenters. The lowest BCUT2D eigenvalue weighted by Gasteiger charge is -2.17. The van der Waals surface area contributed by atoms with Crippen molar-refractivity contribution in [3.8, 4) is 0 Å². The zero-order valence-corrected chi connectivity index (χ0v) is 10.3. The summed E-state index contributed by atoms with van der Waals surface area (Å²) < 4.78 is 7.37. The van der Waals surface area contributed by atoms with Crippen molar-refractivity contribution in [2.45, 2.75) is 37.9 Å². The van der Waals surface area contributed by atoms with Gasteiger partial charge in [0.05, 0.1) is 18.6 Å². The fourth-order valence-electron chi connectivity index (χ4n) is 2.00. The number of hydrogen-bond acceptors (Lipinski definition) is 4. The second-order valence-corrected chi connectivity index (χ2v) is 4.57. The topological polar surface area (TPSA) is 59.3 Å². The minimum atomic E-state index is 0.183. The highest BCUT2D eigenvalue weighted by molar-refractivity contribution is 5.03. The molecular formula is C12H21N3O2. The van der Waals surface area contributed by atoms with Crippen molar-refractivity contribution in [1.29, 1.82) is 0 Å². The lowest BCUT2D eigenvalue weighted by molar-refractivity contribution is 0.147. The lowest BCUT2D eigenvalue weighted by Crippen LogP contribution is -2.34. The van der Waals surface area contributed by atoms with Gasteiger partial charge in [-0.3, -0.25) is 0 Å². The molecule has 96 valence electrons. The van der Waals surface area contributed by atoms with E-state index in [2.05, 4.69) is 14.9 Å². The first-order valence-electron chi connectivity index (χ1n) is 6.19. The van der Waals surface area contributed by atoms with Crippen LogP contribution >= 0.6 is 0 Å². The molecule has 0 bridgehead atoms. The van der Waals surface area contributed by atoms with Crippen molar-refractivity contribution in [1.82, 2.24) is 14.9 Å². The maximum absolute atomic E-state index is 8.96. The quantitative estimate of drug-likeness (QED) is 0.701. The Morgan fingerprint density at radius 1 is 1.65 bits per heavy atom. The van der Waals surface area contributed by atoms with Crippen molar-refractivity contribution in [3.63, 3.8) is 0 Å². The molecule has 0 saturated heterocycles. The molecule has 5 nitrogen and oxygen atoms in total. The largest absolute Gasteiger partial charge is 0.396 e. The van der Waals surface area contributed by atoms with E-state index in [0.717, 1.165) is 6.54 Å². The van der Waals surface area contributed by atoms with Crippen molar-refractivity contribution in [2.75, 3.05) is 20.3 Å². The molecule has 1 heterocycles. The normalized spacial score (nSPS) is 17.3. The molecule has 0 aromatic carbocycles. The highest BCUT2D eigenvalue weighted by atomic mass is 16.5. The van der Waals surface area contributed by atoms with Crippen molar-refractivity contribution in [2.24, 2.45) is 0 Å². The number of methoxy groups -OCH3 is 1. The third-order valence-electron chi connectivity index (χ3n) is 3.10. The summed E-state index contributed by atoms with van der Waals surface area (Å²) in [5, 5.41) is 12.4. The van der Waals surface area contributed by atoms with E-state index in [1.54, 1.807) is 7.11 Å². The molecule has 1 saturated carbocycles. The Morgan fingerprint density at radius 3 is 3.12 bits per heavy atom. The van der Waals surface area contributed by atoms with Gasteiger partial charge in [-0.05, 0) is 19.3 Å². The van der Waals surface area contributed by atoms with Crippen LogP contribution in [0, 0.1) is 0 Å². The first-order chi connectivity index (χ1) is 8.35. The van der Waals surface area contributed by atoms with Crippen LogP contribution in [0.25, 0.3) is 0 Å². The molecular weight excluding hydrogens is 218 g/mol. The van der Waals surface area contributed by atoms with Gasteiger partial charge in [-0.2, -0.15) is 0 Å². The Balaban J connectivity index is 1.84. The third kappa shape index (κ3) is 3.52. The first kappa shape index (κ1) is 12.5. The van der Waals surface area contributed by atoms with Crippen LogP contribution in [0.4, 0.5) is 0 Å². The Hall–Kier alpha value is -0.910. The number of nitrogens with zero attached hydrogens (tertiary/aromatic N) is 2. The highest BCUT2D eigenvalue weighted by Gasteiger charge is 2.25. The summed E-state index contributed by atoms with van der Waals surface area (Å²) in [6.45, 7) is 1.59. The SMILES string of the molecule is COCC(CCO)NCc1cncn1C1CC1. The number of aromatic nitrogens is 2. The molecule has 1 fully saturated rings. The van der Waals surface area contributed by atoms with Gasteiger partial charge in [-0.1, -0.05) is 0 Å². The molecule has 1 aliphatic carbocycles. The van der Waals surface area contributed by atoms with Gasteiger partial charge in [0.25, 0.3) is 0 Å². The van der Waals surface area contributed by atoms with Crippen LogP contribution in [-0.2, 0) is 11.3 Å². The Labute approximate surface area is 102 Å². The van der Waals surface area contributed by atoms with Gasteiger partial charge in [0.15, 0.2) is 0 Å². The number of aliphatic hydroxyl groups excluding tert-OH is 1. The summed E-state index contributed by atoms with van der Waals surface area (Å²) in [6.07, 6.45) is 7.06. The summed E-state index contributed by atoms with van der Waals surface area (Å²) in [4.78, 5) is 4.20. The van der Waals surface area contributed by atoms with E-state index in [4.69, 9.17) is 9.84 Å². The molecule has 0 radical (unpaired) electrons. The molecule has 1 aliphatic rings. The second kappa shape index (κ2) is 6.14. The van der Waals surface area contributed by atoms with Crippen LogP contribution in [0.2, 0.25) is 0 Å². The van der Waals surface area contributed by atoms with Crippen molar-refractivity contribution in [3.05, 3.63) is 18.2 Å². The number of nitrogens with one attached hydrogen (secondary N) is 1. The van der Waals surface area contributed by atoms with Gasteiger partial charge in [-0.15, -0.1) is 0 Å². The number of imidazole rings is 1. The molecule has 2 N–H and O–H groups in total. The van der Waals surface area contributed by atoms with Gasteiger partial charge in [-0.25, -0.2) is 4.98 Å². The van der Waals surface area contributed by atoms with Gasteiger partial charge in [0.1, 0.15) is 0 Å². The second-order valence-electron chi connectivity index (χ2n) is 4.57. The molecule has 1 aromatic rings. The van der Waals surface area contributed by atoms with Gasteiger partial charge in [0, 0.05) is 38.5 Å². The first-order valence-corrected chi connectivity index (χ1v) is 6.19. The summed E-state index contributed by atoms with van der Waals surface area (Å²) in [7, 11) is 1.68. The maximum Gasteiger partial charge on any atom is 0.0951 e. The van der Waals surface area contributed by atoms with E-state index >= 15 is 0 Å². The zero-order valence-electron chi connectivity index (χ0n) is 10.3. The minimum Gasteiger partial charge on any atom is -0.396 e. The molecule has 0 aliphatic heterocycles. The predicted octanol–water partition coefficient (Wildman–Crippen LogP) is 0.705. The van der Waals surface area contributed by atoms with Gasteiger partial charge in [0.2, 0.25) is 0 Å². The maximum atomic E-state index is 8.96. The Bertz CT molecular complexity index is 330. The predicted molar refractivity (Wildman–Crippen MR) is 64.7 cm³/mol. The van der Waals surface area contributed by atoms with E-state index in [9.17, 15) is 0 Å². The number of rotatable bonds is 8. The van der Waals surface area contributed by atoms with E-state index in [1.165, 1.54) is 18.5 Å². The Morgan fingerprint density at radius 2 is 2.47 bits per heavy atom. The highest BCUT2D eigenvalue weighted by Crippen LogP contribution is 2.35. The number of ether oxygens (including phenoxy) is 1.